The van der Waals surface area contributed by atoms with Crippen LogP contribution in [0.2, 0.25) is 0 Å². The van der Waals surface area contributed by atoms with Crippen LogP contribution in [-0.2, 0) is 21.2 Å². The predicted octanol–water partition coefficient (Wildman–Crippen LogP) is 4.08. The Morgan fingerprint density at radius 3 is 2.40 bits per heavy atom. The third kappa shape index (κ3) is 5.47. The van der Waals surface area contributed by atoms with E-state index in [0.29, 0.717) is 24.3 Å². The molecule has 0 radical (unpaired) electrons. The van der Waals surface area contributed by atoms with Crippen LogP contribution >= 0.6 is 0 Å². The minimum atomic E-state index is -3.70. The van der Waals surface area contributed by atoms with E-state index in [0.717, 1.165) is 19.3 Å². The maximum atomic E-state index is 13.1. The molecule has 0 bridgehead atoms. The molecule has 1 saturated heterocycles. The number of hydrogen-bond donors (Lipinski definition) is 1. The maximum absolute atomic E-state index is 13.1. The monoisotopic (exact) mass is 430 g/mol. The number of anilines is 1. The second-order valence-electron chi connectivity index (χ2n) is 7.86. The van der Waals surface area contributed by atoms with E-state index in [2.05, 4.69) is 12.2 Å². The first-order valence-electron chi connectivity index (χ1n) is 10.5. The van der Waals surface area contributed by atoms with E-state index in [9.17, 15) is 13.2 Å². The largest absolute Gasteiger partial charge is 0.373 e. The third-order valence-electron chi connectivity index (χ3n) is 5.15. The molecular weight excluding hydrogens is 400 g/mol. The zero-order valence-corrected chi connectivity index (χ0v) is 18.6. The number of benzene rings is 2. The van der Waals surface area contributed by atoms with Gasteiger partial charge in [0.05, 0.1) is 17.1 Å². The Hall–Kier alpha value is -2.22. The van der Waals surface area contributed by atoms with Gasteiger partial charge in [-0.25, -0.2) is 8.42 Å². The molecule has 2 aromatic carbocycles. The molecule has 1 heterocycles. The number of rotatable bonds is 7. The van der Waals surface area contributed by atoms with Gasteiger partial charge in [0.1, 0.15) is 0 Å². The van der Waals surface area contributed by atoms with Crippen LogP contribution in [0.15, 0.2) is 53.4 Å². The van der Waals surface area contributed by atoms with Crippen molar-refractivity contribution in [2.45, 2.75) is 57.1 Å². The zero-order valence-electron chi connectivity index (χ0n) is 17.8. The van der Waals surface area contributed by atoms with Gasteiger partial charge in [-0.3, -0.25) is 4.79 Å². The number of nitrogens with one attached hydrogen (secondary N) is 1. The highest BCUT2D eigenvalue weighted by Gasteiger charge is 2.32. The van der Waals surface area contributed by atoms with Gasteiger partial charge in [-0.05, 0) is 62.6 Å². The first-order valence-corrected chi connectivity index (χ1v) is 11.9. The normalized spacial score (nSPS) is 20.1. The molecule has 0 aliphatic carbocycles. The lowest BCUT2D eigenvalue weighted by atomic mass is 10.1. The van der Waals surface area contributed by atoms with E-state index >= 15 is 0 Å². The molecule has 0 saturated carbocycles. The van der Waals surface area contributed by atoms with Crippen molar-refractivity contribution in [2.24, 2.45) is 0 Å². The highest BCUT2D eigenvalue weighted by molar-refractivity contribution is 7.89. The van der Waals surface area contributed by atoms with Crippen LogP contribution in [-0.4, -0.2) is 43.9 Å². The van der Waals surface area contributed by atoms with Crippen molar-refractivity contribution in [3.63, 3.8) is 0 Å². The van der Waals surface area contributed by atoms with Crippen LogP contribution < -0.4 is 5.32 Å². The first kappa shape index (κ1) is 22.5. The summed E-state index contributed by atoms with van der Waals surface area (Å²) in [6, 6.07) is 13.9. The van der Waals surface area contributed by atoms with Gasteiger partial charge in [0.15, 0.2) is 0 Å². The van der Waals surface area contributed by atoms with E-state index in [1.54, 1.807) is 12.1 Å². The Labute approximate surface area is 179 Å². The molecule has 6 nitrogen and oxygen atoms in total. The number of aryl methyl sites for hydroxylation is 1. The lowest BCUT2D eigenvalue weighted by molar-refractivity contribution is -0.0440. The van der Waals surface area contributed by atoms with Crippen LogP contribution in [0.5, 0.6) is 0 Å². The molecule has 2 atom stereocenters. The molecule has 3 rings (SSSR count). The van der Waals surface area contributed by atoms with Crippen LogP contribution in [0.3, 0.4) is 0 Å². The molecule has 7 heteroatoms. The summed E-state index contributed by atoms with van der Waals surface area (Å²) < 4.78 is 33.2. The third-order valence-corrected chi connectivity index (χ3v) is 6.98. The Bertz CT molecular complexity index is 963. The second-order valence-corrected chi connectivity index (χ2v) is 9.80. The maximum Gasteiger partial charge on any atom is 0.255 e. The van der Waals surface area contributed by atoms with Crippen LogP contribution in [0.4, 0.5) is 5.69 Å². The van der Waals surface area contributed by atoms with Gasteiger partial charge in [-0.15, -0.1) is 0 Å². The van der Waals surface area contributed by atoms with E-state index in [-0.39, 0.29) is 23.0 Å². The SMILES string of the molecule is CCCCc1ccc(NC(=O)c2cccc(S(=O)(=O)N3CC(C)OC(C)C3)c2)cc1. The standard InChI is InChI=1S/C23H30N2O4S/c1-4-5-7-19-10-12-21(13-11-19)24-23(26)20-8-6-9-22(14-20)30(27,28)25-15-17(2)29-18(3)16-25/h6,8-14,17-18H,4-5,7,15-16H2,1-3H3,(H,24,26). The van der Waals surface area contributed by atoms with Crippen molar-refractivity contribution in [3.8, 4) is 0 Å². The van der Waals surface area contributed by atoms with Gasteiger partial charge < -0.3 is 10.1 Å². The molecule has 0 spiro atoms. The highest BCUT2D eigenvalue weighted by Crippen LogP contribution is 2.22. The number of carbonyl (C=O) groups excluding carboxylic acids is 1. The summed E-state index contributed by atoms with van der Waals surface area (Å²) in [7, 11) is -3.70. The number of hydrogen-bond acceptors (Lipinski definition) is 4. The summed E-state index contributed by atoms with van der Waals surface area (Å²) in [4.78, 5) is 12.8. The van der Waals surface area contributed by atoms with Crippen LogP contribution in [0, 0.1) is 0 Å². The fourth-order valence-corrected chi connectivity index (χ4v) is 5.25. The predicted molar refractivity (Wildman–Crippen MR) is 118 cm³/mol. The number of unbranched alkanes of at least 4 members (excludes halogenated alkanes) is 1. The summed E-state index contributed by atoms with van der Waals surface area (Å²) in [5, 5.41) is 2.85. The van der Waals surface area contributed by atoms with E-state index in [1.807, 2.05) is 38.1 Å². The zero-order chi connectivity index (χ0) is 21.7. The highest BCUT2D eigenvalue weighted by atomic mass is 32.2. The number of morpholine rings is 1. The van der Waals surface area contributed by atoms with Gasteiger partial charge in [-0.2, -0.15) is 4.31 Å². The topological polar surface area (TPSA) is 75.7 Å². The molecule has 1 N–H and O–H groups in total. The molecule has 2 unspecified atom stereocenters. The number of ether oxygens (including phenoxy) is 1. The minimum Gasteiger partial charge on any atom is -0.373 e. The van der Waals surface area contributed by atoms with E-state index < -0.39 is 10.0 Å². The minimum absolute atomic E-state index is 0.117. The first-order chi connectivity index (χ1) is 14.3. The van der Waals surface area contributed by atoms with Crippen molar-refractivity contribution >= 4 is 21.6 Å². The molecule has 0 aromatic heterocycles. The molecule has 162 valence electrons. The molecule has 1 amide bonds. The van der Waals surface area contributed by atoms with Crippen molar-refractivity contribution in [1.29, 1.82) is 0 Å². The van der Waals surface area contributed by atoms with E-state index in [4.69, 9.17) is 4.74 Å². The summed E-state index contributed by atoms with van der Waals surface area (Å²) in [5.74, 6) is -0.336. The average Bonchev–Trinajstić information content (AvgIpc) is 2.72. The second kappa shape index (κ2) is 9.73. The lowest BCUT2D eigenvalue weighted by Gasteiger charge is -2.34. The van der Waals surface area contributed by atoms with Crippen molar-refractivity contribution in [3.05, 3.63) is 59.7 Å². The molecular formula is C23H30N2O4S. The molecule has 30 heavy (non-hydrogen) atoms. The van der Waals surface area contributed by atoms with Gasteiger partial charge >= 0.3 is 0 Å². The van der Waals surface area contributed by atoms with Crippen LogP contribution in [0.25, 0.3) is 0 Å². The number of nitrogens with zero attached hydrogens (tertiary/aromatic N) is 1. The van der Waals surface area contributed by atoms with Crippen molar-refractivity contribution < 1.29 is 17.9 Å². The van der Waals surface area contributed by atoms with Crippen molar-refractivity contribution in [1.82, 2.24) is 4.31 Å². The van der Waals surface area contributed by atoms with Crippen molar-refractivity contribution in [2.75, 3.05) is 18.4 Å². The summed E-state index contributed by atoms with van der Waals surface area (Å²) >= 11 is 0. The quantitative estimate of drug-likeness (QED) is 0.718. The Kier molecular flexibility index (Phi) is 7.28. The summed E-state index contributed by atoms with van der Waals surface area (Å²) in [6.45, 7) is 6.47. The molecule has 2 aromatic rings. The van der Waals surface area contributed by atoms with Gasteiger partial charge in [0, 0.05) is 24.3 Å². The molecule has 1 fully saturated rings. The fourth-order valence-electron chi connectivity index (χ4n) is 3.61. The summed E-state index contributed by atoms with van der Waals surface area (Å²) in [5.41, 5.74) is 2.22. The number of carbonyl (C=O) groups is 1. The average molecular weight is 431 g/mol. The van der Waals surface area contributed by atoms with Gasteiger partial charge in [-0.1, -0.05) is 31.5 Å². The Morgan fingerprint density at radius 1 is 1.10 bits per heavy atom. The van der Waals surface area contributed by atoms with Gasteiger partial charge in [0.2, 0.25) is 10.0 Å². The fraction of sp³-hybridized carbons (Fsp3) is 0.435. The Balaban J connectivity index is 1.73. The Morgan fingerprint density at radius 2 is 1.77 bits per heavy atom. The van der Waals surface area contributed by atoms with Gasteiger partial charge in [0.25, 0.3) is 5.91 Å². The molecule has 1 aliphatic heterocycles. The molecule has 1 aliphatic rings. The van der Waals surface area contributed by atoms with E-state index in [1.165, 1.54) is 22.0 Å². The number of sulfonamides is 1. The summed E-state index contributed by atoms with van der Waals surface area (Å²) in [6.07, 6.45) is 2.95. The number of amides is 1. The lowest BCUT2D eigenvalue weighted by Crippen LogP contribution is -2.48. The smallest absolute Gasteiger partial charge is 0.255 e. The van der Waals surface area contributed by atoms with Crippen LogP contribution in [0.1, 0.15) is 49.5 Å².